The van der Waals surface area contributed by atoms with Crippen molar-refractivity contribution in [1.29, 1.82) is 0 Å². The molecule has 2 fully saturated rings. The number of H-pyrrole nitrogens is 1. The van der Waals surface area contributed by atoms with E-state index in [1.165, 1.54) is 6.08 Å². The molecule has 216 valence electrons. The number of fused-ring (bicyclic) bond motifs is 1. The number of rotatable bonds is 8. The number of nitrogens with one attached hydrogen (secondary N) is 3. The van der Waals surface area contributed by atoms with Crippen molar-refractivity contribution >= 4 is 34.4 Å². The fourth-order valence-electron chi connectivity index (χ4n) is 5.69. The number of benzene rings is 2. The van der Waals surface area contributed by atoms with Crippen LogP contribution in [0.3, 0.4) is 0 Å². The second-order valence-electron chi connectivity index (χ2n) is 10.8. The minimum atomic E-state index is -0.157. The summed E-state index contributed by atoms with van der Waals surface area (Å²) in [6.07, 6.45) is 4.88. The summed E-state index contributed by atoms with van der Waals surface area (Å²) in [6, 6.07) is 17.7. The molecule has 3 N–H and O–H groups in total. The van der Waals surface area contributed by atoms with E-state index in [0.717, 1.165) is 84.9 Å². The fourth-order valence-corrected chi connectivity index (χ4v) is 5.69. The number of aromatic amines is 1. The highest BCUT2D eigenvalue weighted by atomic mass is 16.5. The third-order valence-electron chi connectivity index (χ3n) is 7.80. The van der Waals surface area contributed by atoms with E-state index in [1.807, 2.05) is 48.5 Å². The summed E-state index contributed by atoms with van der Waals surface area (Å²) in [4.78, 5) is 41.7. The number of likely N-dealkylation sites (tertiary alicyclic amines) is 1. The third-order valence-corrected chi connectivity index (χ3v) is 7.80. The maximum Gasteiger partial charge on any atom is 0.255 e. The number of carbonyl (C=O) groups is 2. The van der Waals surface area contributed by atoms with Crippen LogP contribution in [-0.2, 0) is 16.1 Å². The molecule has 2 aromatic carbocycles. The first-order valence-electron chi connectivity index (χ1n) is 14.4. The Labute approximate surface area is 244 Å². The maximum atomic E-state index is 13.1. The number of piperidine rings is 1. The van der Waals surface area contributed by atoms with Gasteiger partial charge in [0.15, 0.2) is 0 Å². The smallest absolute Gasteiger partial charge is 0.255 e. The Morgan fingerprint density at radius 2 is 1.90 bits per heavy atom. The number of anilines is 2. The van der Waals surface area contributed by atoms with Crippen LogP contribution in [0.4, 0.5) is 11.5 Å². The van der Waals surface area contributed by atoms with Gasteiger partial charge in [0, 0.05) is 49.2 Å². The lowest BCUT2D eigenvalue weighted by molar-refractivity contribution is -0.117. The van der Waals surface area contributed by atoms with E-state index in [0.29, 0.717) is 18.8 Å². The van der Waals surface area contributed by atoms with E-state index in [2.05, 4.69) is 48.0 Å². The zero-order valence-corrected chi connectivity index (χ0v) is 23.5. The van der Waals surface area contributed by atoms with E-state index in [-0.39, 0.29) is 17.9 Å². The molecule has 0 saturated carbocycles. The van der Waals surface area contributed by atoms with E-state index in [4.69, 9.17) is 4.74 Å². The molecule has 2 aromatic heterocycles. The molecule has 4 aromatic rings. The Bertz CT molecular complexity index is 1580. The summed E-state index contributed by atoms with van der Waals surface area (Å²) < 4.78 is 5.49. The number of ether oxygens (including phenoxy) is 1. The number of aromatic nitrogens is 3. The number of hydrogen-bond donors (Lipinski definition) is 3. The first-order chi connectivity index (χ1) is 20.6. The first kappa shape index (κ1) is 27.6. The van der Waals surface area contributed by atoms with Crippen molar-refractivity contribution in [3.8, 4) is 11.3 Å². The average Bonchev–Trinajstić information content (AvgIpc) is 3.47. The lowest BCUT2D eigenvalue weighted by Crippen LogP contribution is -2.46. The monoisotopic (exact) mass is 565 g/mol. The van der Waals surface area contributed by atoms with E-state index in [9.17, 15) is 9.59 Å². The number of amides is 2. The number of morpholine rings is 1. The first-order valence-corrected chi connectivity index (χ1v) is 14.4. The summed E-state index contributed by atoms with van der Waals surface area (Å²) in [6.45, 7) is 8.99. The van der Waals surface area contributed by atoms with Gasteiger partial charge in [-0.2, -0.15) is 0 Å². The molecule has 10 nitrogen and oxygen atoms in total. The standard InChI is InChI=1S/C32H35N7O3/c1-2-29(40)35-26-7-4-12-38(20-26)19-22-5-3-6-24(17-22)32(41)36-25-10-8-23(9-11-25)28-18-27-30(37-28)33-21-34-31(27)39-13-15-42-16-14-39/h2-3,5-6,8-11,17-18,21,26H,1,4,7,12-16,19-20H2,(H,35,40)(H,36,41)(H,33,34,37)/t26-/m1/s1. The highest BCUT2D eigenvalue weighted by Gasteiger charge is 2.21. The summed E-state index contributed by atoms with van der Waals surface area (Å²) in [5.74, 6) is 0.619. The molecule has 0 unspecified atom stereocenters. The van der Waals surface area contributed by atoms with E-state index >= 15 is 0 Å². The molecular formula is C32H35N7O3. The zero-order chi connectivity index (χ0) is 28.9. The number of hydrogen-bond acceptors (Lipinski definition) is 7. The van der Waals surface area contributed by atoms with Crippen molar-refractivity contribution in [3.63, 3.8) is 0 Å². The van der Waals surface area contributed by atoms with Gasteiger partial charge >= 0.3 is 0 Å². The molecule has 2 saturated heterocycles. The molecule has 1 atom stereocenters. The summed E-state index contributed by atoms with van der Waals surface area (Å²) in [7, 11) is 0. The van der Waals surface area contributed by atoms with Gasteiger partial charge in [0.1, 0.15) is 17.8 Å². The van der Waals surface area contributed by atoms with Gasteiger partial charge in [-0.05, 0) is 66.9 Å². The lowest BCUT2D eigenvalue weighted by Gasteiger charge is -2.33. The van der Waals surface area contributed by atoms with E-state index < -0.39 is 0 Å². The van der Waals surface area contributed by atoms with Crippen LogP contribution in [0, 0.1) is 0 Å². The van der Waals surface area contributed by atoms with Gasteiger partial charge in [0.25, 0.3) is 5.91 Å². The van der Waals surface area contributed by atoms with Gasteiger partial charge in [-0.3, -0.25) is 14.5 Å². The van der Waals surface area contributed by atoms with Crippen molar-refractivity contribution in [3.05, 3.63) is 84.7 Å². The third kappa shape index (κ3) is 6.35. The van der Waals surface area contributed by atoms with Crippen LogP contribution in [0.25, 0.3) is 22.3 Å². The molecule has 2 aliphatic heterocycles. The Hall–Kier alpha value is -4.54. The van der Waals surface area contributed by atoms with Gasteiger partial charge in [0.2, 0.25) is 5.91 Å². The number of nitrogens with zero attached hydrogens (tertiary/aromatic N) is 4. The quantitative estimate of drug-likeness (QED) is 0.277. The minimum Gasteiger partial charge on any atom is -0.378 e. The molecule has 10 heteroatoms. The molecule has 0 bridgehead atoms. The molecule has 0 spiro atoms. The van der Waals surface area contributed by atoms with Crippen molar-refractivity contribution in [2.75, 3.05) is 49.6 Å². The number of carbonyl (C=O) groups excluding carboxylic acids is 2. The average molecular weight is 566 g/mol. The maximum absolute atomic E-state index is 13.1. The van der Waals surface area contributed by atoms with Gasteiger partial charge in [-0.1, -0.05) is 30.8 Å². The van der Waals surface area contributed by atoms with Gasteiger partial charge in [-0.25, -0.2) is 9.97 Å². The van der Waals surface area contributed by atoms with Gasteiger partial charge in [0.05, 0.1) is 18.6 Å². The molecule has 6 rings (SSSR count). The van der Waals surface area contributed by atoms with Crippen LogP contribution in [0.1, 0.15) is 28.8 Å². The second-order valence-corrected chi connectivity index (χ2v) is 10.8. The molecule has 2 amide bonds. The van der Waals surface area contributed by atoms with Crippen molar-refractivity contribution in [2.45, 2.75) is 25.4 Å². The highest BCUT2D eigenvalue weighted by Crippen LogP contribution is 2.30. The molecule has 0 radical (unpaired) electrons. The minimum absolute atomic E-state index is 0.114. The van der Waals surface area contributed by atoms with Crippen molar-refractivity contribution < 1.29 is 14.3 Å². The predicted octanol–water partition coefficient (Wildman–Crippen LogP) is 3.98. The second kappa shape index (κ2) is 12.5. The highest BCUT2D eigenvalue weighted by molar-refractivity contribution is 6.04. The Morgan fingerprint density at radius 3 is 2.71 bits per heavy atom. The Kier molecular flexibility index (Phi) is 8.25. The normalized spacial score (nSPS) is 17.6. The molecule has 0 aliphatic carbocycles. The lowest BCUT2D eigenvalue weighted by atomic mass is 10.0. The van der Waals surface area contributed by atoms with Crippen LogP contribution in [0.5, 0.6) is 0 Å². The zero-order valence-electron chi connectivity index (χ0n) is 23.5. The largest absolute Gasteiger partial charge is 0.378 e. The SMILES string of the molecule is C=CC(=O)N[C@@H]1CCCN(Cc2cccc(C(=O)Nc3ccc(-c4cc5c(N6CCOCC6)ncnc5[nH]4)cc3)c2)C1. The van der Waals surface area contributed by atoms with Crippen molar-refractivity contribution in [1.82, 2.24) is 25.2 Å². The van der Waals surface area contributed by atoms with Crippen LogP contribution in [0.2, 0.25) is 0 Å². The van der Waals surface area contributed by atoms with Crippen LogP contribution in [-0.4, -0.2) is 77.1 Å². The fraction of sp³-hybridized carbons (Fsp3) is 0.312. The van der Waals surface area contributed by atoms with Gasteiger partial charge in [-0.15, -0.1) is 0 Å². The van der Waals surface area contributed by atoms with Gasteiger partial charge < -0.3 is 25.3 Å². The topological polar surface area (TPSA) is 115 Å². The van der Waals surface area contributed by atoms with Crippen molar-refractivity contribution in [2.24, 2.45) is 0 Å². The Morgan fingerprint density at radius 1 is 1.07 bits per heavy atom. The van der Waals surface area contributed by atoms with E-state index in [1.54, 1.807) is 6.33 Å². The Balaban J connectivity index is 1.10. The summed E-state index contributed by atoms with van der Waals surface area (Å²) in [5, 5.41) is 7.00. The molecule has 42 heavy (non-hydrogen) atoms. The van der Waals surface area contributed by atoms with Crippen LogP contribution in [0.15, 0.2) is 73.6 Å². The van der Waals surface area contributed by atoms with Crippen LogP contribution >= 0.6 is 0 Å². The summed E-state index contributed by atoms with van der Waals surface area (Å²) >= 11 is 0. The predicted molar refractivity (Wildman–Crippen MR) is 163 cm³/mol. The molecule has 4 heterocycles. The molecule has 2 aliphatic rings. The summed E-state index contributed by atoms with van der Waals surface area (Å²) in [5.41, 5.74) is 5.11. The molecular weight excluding hydrogens is 530 g/mol. The van der Waals surface area contributed by atoms with Crippen LogP contribution < -0.4 is 15.5 Å².